The highest BCUT2D eigenvalue weighted by Crippen LogP contribution is 2.28. The summed E-state index contributed by atoms with van der Waals surface area (Å²) < 4.78 is 0. The van der Waals surface area contributed by atoms with Gasteiger partial charge in [-0.15, -0.1) is 24.0 Å². The van der Waals surface area contributed by atoms with Crippen LogP contribution in [0.25, 0.3) is 0 Å². The van der Waals surface area contributed by atoms with Crippen LogP contribution in [0.5, 0.6) is 0 Å². The highest BCUT2D eigenvalue weighted by Gasteiger charge is 2.33. The number of rotatable bonds is 6. The van der Waals surface area contributed by atoms with Crippen LogP contribution < -0.4 is 10.6 Å². The quantitative estimate of drug-likeness (QED) is 0.387. The Morgan fingerprint density at radius 3 is 2.36 bits per heavy atom. The zero-order valence-corrected chi connectivity index (χ0v) is 17.0. The van der Waals surface area contributed by atoms with Crippen LogP contribution in [0.2, 0.25) is 0 Å². The molecule has 130 valence electrons. The van der Waals surface area contributed by atoms with Crippen molar-refractivity contribution in [2.24, 2.45) is 10.9 Å². The zero-order chi connectivity index (χ0) is 15.2. The molecule has 0 amide bonds. The predicted molar refractivity (Wildman–Crippen MR) is 105 cm³/mol. The summed E-state index contributed by atoms with van der Waals surface area (Å²) in [5, 5.41) is 6.89. The van der Waals surface area contributed by atoms with Gasteiger partial charge in [-0.1, -0.05) is 13.8 Å². The topological polar surface area (TPSA) is 42.9 Å². The summed E-state index contributed by atoms with van der Waals surface area (Å²) in [4.78, 5) is 9.87. The lowest BCUT2D eigenvalue weighted by Crippen LogP contribution is -2.50. The van der Waals surface area contributed by atoms with Gasteiger partial charge in [0.25, 0.3) is 0 Å². The summed E-state index contributed by atoms with van der Waals surface area (Å²) in [5.41, 5.74) is 0. The molecule has 0 aromatic heterocycles. The average Bonchev–Trinajstić information content (AvgIpc) is 3.20. The van der Waals surface area contributed by atoms with Crippen molar-refractivity contribution in [1.82, 2.24) is 20.4 Å². The molecular formula is C16H34IN5. The standard InChI is InChI=1S/C16H33N5.HI/c1-5-17-16(19-15-11-13(15)3)18-12-14(4)21-9-7-20(6-2)8-10-21;/h13-15H,5-12H2,1-4H3,(H2,17,18,19);1H. The molecule has 0 aromatic rings. The van der Waals surface area contributed by atoms with Crippen molar-refractivity contribution in [2.75, 3.05) is 45.8 Å². The number of aliphatic imine (C=N–C) groups is 1. The molecule has 0 bridgehead atoms. The summed E-state index contributed by atoms with van der Waals surface area (Å²) in [5.74, 6) is 1.79. The van der Waals surface area contributed by atoms with E-state index in [1.54, 1.807) is 0 Å². The Kier molecular flexibility index (Phi) is 9.01. The minimum absolute atomic E-state index is 0. The van der Waals surface area contributed by atoms with E-state index in [-0.39, 0.29) is 24.0 Å². The number of guanidine groups is 1. The maximum Gasteiger partial charge on any atom is 0.191 e. The number of halogens is 1. The monoisotopic (exact) mass is 423 g/mol. The van der Waals surface area contributed by atoms with Crippen LogP contribution in [0.4, 0.5) is 0 Å². The molecule has 1 aliphatic carbocycles. The molecule has 1 saturated heterocycles. The molecule has 2 fully saturated rings. The first-order chi connectivity index (χ1) is 10.1. The molecule has 1 heterocycles. The first kappa shape index (κ1) is 20.0. The Morgan fingerprint density at radius 1 is 1.23 bits per heavy atom. The van der Waals surface area contributed by atoms with Crippen molar-refractivity contribution in [3.8, 4) is 0 Å². The lowest BCUT2D eigenvalue weighted by atomic mass is 10.2. The highest BCUT2D eigenvalue weighted by atomic mass is 127. The van der Waals surface area contributed by atoms with E-state index in [0.717, 1.165) is 25.0 Å². The average molecular weight is 423 g/mol. The Hall–Kier alpha value is -0.0800. The molecule has 0 aromatic carbocycles. The van der Waals surface area contributed by atoms with E-state index in [2.05, 4.69) is 48.1 Å². The van der Waals surface area contributed by atoms with Crippen molar-refractivity contribution < 1.29 is 0 Å². The largest absolute Gasteiger partial charge is 0.357 e. The SMILES string of the molecule is CCNC(=NCC(C)N1CCN(CC)CC1)NC1CC1C.I. The Labute approximate surface area is 153 Å². The highest BCUT2D eigenvalue weighted by molar-refractivity contribution is 14.0. The van der Waals surface area contributed by atoms with Gasteiger partial charge >= 0.3 is 0 Å². The summed E-state index contributed by atoms with van der Waals surface area (Å²) >= 11 is 0. The van der Waals surface area contributed by atoms with Gasteiger partial charge in [-0.25, -0.2) is 0 Å². The van der Waals surface area contributed by atoms with Crippen LogP contribution in [0.15, 0.2) is 4.99 Å². The van der Waals surface area contributed by atoms with Gasteiger partial charge in [0.1, 0.15) is 0 Å². The van der Waals surface area contributed by atoms with Gasteiger partial charge in [-0.3, -0.25) is 9.89 Å². The minimum Gasteiger partial charge on any atom is -0.357 e. The second-order valence-electron chi connectivity index (χ2n) is 6.50. The fraction of sp³-hybridized carbons (Fsp3) is 0.938. The molecule has 3 unspecified atom stereocenters. The van der Waals surface area contributed by atoms with E-state index in [4.69, 9.17) is 4.99 Å². The number of nitrogens with one attached hydrogen (secondary N) is 2. The maximum absolute atomic E-state index is 4.78. The van der Waals surface area contributed by atoms with Gasteiger partial charge < -0.3 is 15.5 Å². The molecule has 5 nitrogen and oxygen atoms in total. The smallest absolute Gasteiger partial charge is 0.191 e. The van der Waals surface area contributed by atoms with Gasteiger partial charge in [0, 0.05) is 44.8 Å². The molecule has 22 heavy (non-hydrogen) atoms. The Balaban J connectivity index is 0.00000242. The molecule has 2 rings (SSSR count). The van der Waals surface area contributed by atoms with E-state index >= 15 is 0 Å². The fourth-order valence-electron chi connectivity index (χ4n) is 2.88. The number of piperazine rings is 1. The molecule has 2 N–H and O–H groups in total. The summed E-state index contributed by atoms with van der Waals surface area (Å²) in [7, 11) is 0. The van der Waals surface area contributed by atoms with Crippen molar-refractivity contribution in [3.05, 3.63) is 0 Å². The number of hydrogen-bond donors (Lipinski definition) is 2. The maximum atomic E-state index is 4.78. The van der Waals surface area contributed by atoms with Gasteiger partial charge in [0.05, 0.1) is 6.54 Å². The number of nitrogens with zero attached hydrogens (tertiary/aromatic N) is 3. The Morgan fingerprint density at radius 2 is 1.86 bits per heavy atom. The molecule has 1 saturated carbocycles. The molecule has 6 heteroatoms. The molecule has 1 aliphatic heterocycles. The lowest BCUT2D eigenvalue weighted by Gasteiger charge is -2.37. The molecular weight excluding hydrogens is 389 g/mol. The lowest BCUT2D eigenvalue weighted by molar-refractivity contribution is 0.109. The van der Waals surface area contributed by atoms with Gasteiger partial charge in [-0.2, -0.15) is 0 Å². The molecule has 0 spiro atoms. The third-order valence-electron chi connectivity index (χ3n) is 4.77. The van der Waals surface area contributed by atoms with Crippen LogP contribution in [-0.2, 0) is 0 Å². The van der Waals surface area contributed by atoms with E-state index in [1.807, 2.05) is 0 Å². The third kappa shape index (κ3) is 6.20. The van der Waals surface area contributed by atoms with Crippen LogP contribution in [0, 0.1) is 5.92 Å². The van der Waals surface area contributed by atoms with E-state index in [9.17, 15) is 0 Å². The minimum atomic E-state index is 0. The van der Waals surface area contributed by atoms with Gasteiger partial charge in [0.15, 0.2) is 5.96 Å². The van der Waals surface area contributed by atoms with Crippen LogP contribution in [0.1, 0.15) is 34.1 Å². The van der Waals surface area contributed by atoms with Crippen LogP contribution >= 0.6 is 24.0 Å². The first-order valence-corrected chi connectivity index (χ1v) is 8.65. The van der Waals surface area contributed by atoms with Gasteiger partial charge in [0.2, 0.25) is 0 Å². The van der Waals surface area contributed by atoms with E-state index < -0.39 is 0 Å². The van der Waals surface area contributed by atoms with Crippen molar-refractivity contribution >= 4 is 29.9 Å². The van der Waals surface area contributed by atoms with Gasteiger partial charge in [-0.05, 0) is 32.7 Å². The second kappa shape index (κ2) is 9.93. The molecule has 2 aliphatic rings. The van der Waals surface area contributed by atoms with Crippen LogP contribution in [0.3, 0.4) is 0 Å². The third-order valence-corrected chi connectivity index (χ3v) is 4.77. The number of hydrogen-bond acceptors (Lipinski definition) is 3. The summed E-state index contributed by atoms with van der Waals surface area (Å²) in [6, 6.07) is 1.15. The van der Waals surface area contributed by atoms with Crippen molar-refractivity contribution in [2.45, 2.75) is 46.2 Å². The van der Waals surface area contributed by atoms with E-state index in [0.29, 0.717) is 12.1 Å². The predicted octanol–water partition coefficient (Wildman–Crippen LogP) is 1.59. The van der Waals surface area contributed by atoms with E-state index in [1.165, 1.54) is 39.1 Å². The Bertz CT molecular complexity index is 341. The zero-order valence-electron chi connectivity index (χ0n) is 14.6. The van der Waals surface area contributed by atoms with Crippen molar-refractivity contribution in [1.29, 1.82) is 0 Å². The second-order valence-corrected chi connectivity index (χ2v) is 6.50. The molecule has 3 atom stereocenters. The van der Waals surface area contributed by atoms with Crippen molar-refractivity contribution in [3.63, 3.8) is 0 Å². The molecule has 0 radical (unpaired) electrons. The fourth-order valence-corrected chi connectivity index (χ4v) is 2.88. The number of likely N-dealkylation sites (N-methyl/N-ethyl adjacent to an activating group) is 1. The first-order valence-electron chi connectivity index (χ1n) is 8.65. The summed E-state index contributed by atoms with van der Waals surface area (Å²) in [6.07, 6.45) is 1.28. The van der Waals surface area contributed by atoms with Crippen LogP contribution in [-0.4, -0.2) is 73.7 Å². The normalized spacial score (nSPS) is 27.9. The summed E-state index contributed by atoms with van der Waals surface area (Å²) in [6.45, 7) is 16.7.